The predicted octanol–water partition coefficient (Wildman–Crippen LogP) is 3.34. The van der Waals surface area contributed by atoms with E-state index in [0.29, 0.717) is 17.0 Å². The van der Waals surface area contributed by atoms with Crippen LogP contribution in [-0.2, 0) is 0 Å². The smallest absolute Gasteiger partial charge is 0.303 e. The van der Waals surface area contributed by atoms with Crippen molar-refractivity contribution < 1.29 is 9.59 Å². The molecular weight excluding hydrogens is 336 g/mol. The molecule has 0 aromatic heterocycles. The van der Waals surface area contributed by atoms with Gasteiger partial charge in [0.2, 0.25) is 0 Å². The van der Waals surface area contributed by atoms with Gasteiger partial charge in [-0.1, -0.05) is 42.1 Å². The Kier molecular flexibility index (Phi) is 5.11. The van der Waals surface area contributed by atoms with Gasteiger partial charge in [0.05, 0.1) is 11.8 Å². The molecule has 2 aromatic carbocycles. The summed E-state index contributed by atoms with van der Waals surface area (Å²) in [6.45, 7) is -0.0689. The maximum atomic E-state index is 12.1. The zero-order chi connectivity index (χ0) is 17.6. The summed E-state index contributed by atoms with van der Waals surface area (Å²) in [6, 6.07) is 18.1. The lowest BCUT2D eigenvalue weighted by Gasteiger charge is -2.20. The number of hydrogen-bond donors (Lipinski definition) is 1. The van der Waals surface area contributed by atoms with Gasteiger partial charge in [-0.25, -0.2) is 5.01 Å². The third-order valence-electron chi connectivity index (χ3n) is 3.52. The number of nitrogens with zero attached hydrogens (tertiary/aromatic N) is 3. The minimum Gasteiger partial charge on any atom is -0.322 e. The highest BCUT2D eigenvalue weighted by Crippen LogP contribution is 2.20. The van der Waals surface area contributed by atoms with Crippen LogP contribution < -0.4 is 5.32 Å². The predicted molar refractivity (Wildman–Crippen MR) is 97.5 cm³/mol. The SMILES string of the molecule is N#CCN1N=C(c2ccc(NC(=O)c3ccccc3)cc2)CSC1=O. The third-order valence-corrected chi connectivity index (χ3v) is 4.39. The molecule has 0 atom stereocenters. The van der Waals surface area contributed by atoms with Crippen LogP contribution in [-0.4, -0.2) is 34.2 Å². The third kappa shape index (κ3) is 4.05. The van der Waals surface area contributed by atoms with Crippen molar-refractivity contribution in [1.29, 1.82) is 5.26 Å². The Morgan fingerprint density at radius 1 is 1.20 bits per heavy atom. The Labute approximate surface area is 149 Å². The molecule has 6 nitrogen and oxygen atoms in total. The summed E-state index contributed by atoms with van der Waals surface area (Å²) in [5.74, 6) is 0.279. The van der Waals surface area contributed by atoms with Crippen LogP contribution in [0.4, 0.5) is 10.5 Å². The van der Waals surface area contributed by atoms with E-state index in [4.69, 9.17) is 5.26 Å². The molecular formula is C18H14N4O2S. The van der Waals surface area contributed by atoms with Crippen LogP contribution in [0.15, 0.2) is 59.7 Å². The number of nitriles is 1. The summed E-state index contributed by atoms with van der Waals surface area (Å²) in [5, 5.41) is 16.7. The first-order valence-electron chi connectivity index (χ1n) is 7.53. The zero-order valence-corrected chi connectivity index (χ0v) is 14.0. The fourth-order valence-electron chi connectivity index (χ4n) is 2.27. The highest BCUT2D eigenvalue weighted by atomic mass is 32.2. The average Bonchev–Trinajstić information content (AvgIpc) is 2.65. The standard InChI is InChI=1S/C18H14N4O2S/c19-10-11-22-18(24)25-12-16(21-22)13-6-8-15(9-7-13)20-17(23)14-4-2-1-3-5-14/h1-9H,11-12H2,(H,20,23). The van der Waals surface area contributed by atoms with Crippen LogP contribution in [0, 0.1) is 11.3 Å². The molecule has 0 unspecified atom stereocenters. The summed E-state index contributed by atoms with van der Waals surface area (Å²) in [4.78, 5) is 23.8. The molecule has 0 aliphatic carbocycles. The lowest BCUT2D eigenvalue weighted by atomic mass is 10.1. The number of thioether (sulfide) groups is 1. The Bertz CT molecular complexity index is 857. The maximum Gasteiger partial charge on any atom is 0.303 e. The van der Waals surface area contributed by atoms with Crippen LogP contribution in [0.3, 0.4) is 0 Å². The molecule has 3 rings (SSSR count). The highest BCUT2D eigenvalue weighted by molar-refractivity contribution is 8.14. The van der Waals surface area contributed by atoms with Crippen molar-refractivity contribution in [2.45, 2.75) is 0 Å². The van der Waals surface area contributed by atoms with E-state index in [2.05, 4.69) is 10.4 Å². The van der Waals surface area contributed by atoms with Crippen LogP contribution >= 0.6 is 11.8 Å². The first-order valence-corrected chi connectivity index (χ1v) is 8.51. The Morgan fingerprint density at radius 2 is 1.92 bits per heavy atom. The highest BCUT2D eigenvalue weighted by Gasteiger charge is 2.21. The molecule has 7 heteroatoms. The number of anilines is 1. The molecule has 0 radical (unpaired) electrons. The molecule has 1 aliphatic rings. The van der Waals surface area contributed by atoms with Crippen molar-refractivity contribution in [2.75, 3.05) is 17.6 Å². The molecule has 1 aliphatic heterocycles. The van der Waals surface area contributed by atoms with Gasteiger partial charge in [0.1, 0.15) is 6.54 Å². The van der Waals surface area contributed by atoms with Gasteiger partial charge in [0.15, 0.2) is 0 Å². The second-order valence-corrected chi connectivity index (χ2v) is 6.14. The summed E-state index contributed by atoms with van der Waals surface area (Å²) in [6.07, 6.45) is 0. The Morgan fingerprint density at radius 3 is 2.60 bits per heavy atom. The number of benzene rings is 2. The largest absolute Gasteiger partial charge is 0.322 e. The molecule has 2 amide bonds. The van der Waals surface area contributed by atoms with Crippen molar-refractivity contribution >= 4 is 34.3 Å². The normalized spacial score (nSPS) is 13.8. The number of rotatable bonds is 4. The van der Waals surface area contributed by atoms with Gasteiger partial charge in [-0.2, -0.15) is 10.4 Å². The van der Waals surface area contributed by atoms with E-state index in [1.54, 1.807) is 24.3 Å². The van der Waals surface area contributed by atoms with Crippen LogP contribution in [0.25, 0.3) is 0 Å². The van der Waals surface area contributed by atoms with Gasteiger partial charge in [-0.15, -0.1) is 0 Å². The van der Waals surface area contributed by atoms with Crippen LogP contribution in [0.1, 0.15) is 15.9 Å². The molecule has 2 aromatic rings. The molecule has 0 saturated heterocycles. The van der Waals surface area contributed by atoms with E-state index in [0.717, 1.165) is 28.0 Å². The van der Waals surface area contributed by atoms with Gasteiger partial charge in [0, 0.05) is 17.0 Å². The Balaban J connectivity index is 1.72. The quantitative estimate of drug-likeness (QED) is 0.857. The Hall–Kier alpha value is -3.11. The van der Waals surface area contributed by atoms with E-state index in [-0.39, 0.29) is 17.7 Å². The van der Waals surface area contributed by atoms with E-state index >= 15 is 0 Å². The number of hydrazone groups is 1. The molecule has 1 heterocycles. The van der Waals surface area contributed by atoms with Gasteiger partial charge >= 0.3 is 5.24 Å². The van der Waals surface area contributed by atoms with Gasteiger partial charge in [-0.05, 0) is 29.8 Å². The van der Waals surface area contributed by atoms with E-state index in [9.17, 15) is 9.59 Å². The van der Waals surface area contributed by atoms with Crippen molar-refractivity contribution in [1.82, 2.24) is 5.01 Å². The molecule has 124 valence electrons. The van der Waals surface area contributed by atoms with Gasteiger partial charge < -0.3 is 5.32 Å². The van der Waals surface area contributed by atoms with Crippen LogP contribution in [0.5, 0.6) is 0 Å². The summed E-state index contributed by atoms with van der Waals surface area (Å²) >= 11 is 1.12. The van der Waals surface area contributed by atoms with Crippen molar-refractivity contribution in [3.05, 3.63) is 65.7 Å². The fraction of sp³-hybridized carbons (Fsp3) is 0.111. The van der Waals surface area contributed by atoms with Crippen molar-refractivity contribution in [2.24, 2.45) is 5.10 Å². The lowest BCUT2D eigenvalue weighted by molar-refractivity contribution is 0.102. The summed E-state index contributed by atoms with van der Waals surface area (Å²) < 4.78 is 0. The zero-order valence-electron chi connectivity index (χ0n) is 13.2. The monoisotopic (exact) mass is 350 g/mol. The second kappa shape index (κ2) is 7.64. The topological polar surface area (TPSA) is 85.6 Å². The van der Waals surface area contributed by atoms with Crippen LogP contribution in [0.2, 0.25) is 0 Å². The number of carbonyl (C=O) groups is 2. The number of nitrogens with one attached hydrogen (secondary N) is 1. The minimum absolute atomic E-state index is 0.0689. The van der Waals surface area contributed by atoms with Gasteiger partial charge in [0.25, 0.3) is 5.91 Å². The molecule has 1 N–H and O–H groups in total. The van der Waals surface area contributed by atoms with Crippen molar-refractivity contribution in [3.63, 3.8) is 0 Å². The van der Waals surface area contributed by atoms with E-state index in [1.807, 2.05) is 36.4 Å². The summed E-state index contributed by atoms with van der Waals surface area (Å²) in [5.41, 5.74) is 2.83. The molecule has 0 spiro atoms. The average molecular weight is 350 g/mol. The van der Waals surface area contributed by atoms with E-state index in [1.165, 1.54) is 0 Å². The van der Waals surface area contributed by atoms with Crippen molar-refractivity contribution in [3.8, 4) is 6.07 Å². The lowest BCUT2D eigenvalue weighted by Crippen LogP contribution is -2.30. The first kappa shape index (κ1) is 16.7. The molecule has 0 fully saturated rings. The molecule has 0 bridgehead atoms. The summed E-state index contributed by atoms with van der Waals surface area (Å²) in [7, 11) is 0. The molecule has 0 saturated carbocycles. The van der Waals surface area contributed by atoms with Gasteiger partial charge in [-0.3, -0.25) is 9.59 Å². The first-order chi connectivity index (χ1) is 12.2. The van der Waals surface area contributed by atoms with E-state index < -0.39 is 0 Å². The maximum absolute atomic E-state index is 12.1. The minimum atomic E-state index is -0.225. The number of carbonyl (C=O) groups excluding carboxylic acids is 2. The number of amides is 2. The molecule has 25 heavy (non-hydrogen) atoms. The second-order valence-electron chi connectivity index (χ2n) is 5.21. The fourth-order valence-corrected chi connectivity index (χ4v) is 3.01. The number of hydrogen-bond acceptors (Lipinski definition) is 5.